The van der Waals surface area contributed by atoms with Gasteiger partial charge in [0.1, 0.15) is 11.9 Å². The van der Waals surface area contributed by atoms with Crippen LogP contribution in [0.1, 0.15) is 29.4 Å². The normalized spacial score (nSPS) is 15.6. The minimum atomic E-state index is -0.0406. The number of benzene rings is 1. The lowest BCUT2D eigenvalue weighted by Gasteiger charge is -2.39. The van der Waals surface area contributed by atoms with Gasteiger partial charge >= 0.3 is 6.03 Å². The molecule has 6 nitrogen and oxygen atoms in total. The van der Waals surface area contributed by atoms with Crippen molar-refractivity contribution in [2.24, 2.45) is 0 Å². The number of aryl methyl sites for hydroxylation is 3. The van der Waals surface area contributed by atoms with Crippen LogP contribution in [0.5, 0.6) is 5.75 Å². The maximum atomic E-state index is 12.3. The van der Waals surface area contributed by atoms with Crippen molar-refractivity contribution in [1.82, 2.24) is 20.4 Å². The van der Waals surface area contributed by atoms with Gasteiger partial charge in [-0.3, -0.25) is 5.10 Å². The number of likely N-dealkylation sites (tertiary alicyclic amines) is 1. The zero-order valence-corrected chi connectivity index (χ0v) is 15.3. The van der Waals surface area contributed by atoms with E-state index in [2.05, 4.69) is 15.5 Å². The maximum Gasteiger partial charge on any atom is 0.317 e. The number of nitrogens with zero attached hydrogens (tertiary/aromatic N) is 2. The Kier molecular flexibility index (Phi) is 4.97. The van der Waals surface area contributed by atoms with Crippen LogP contribution in [0.15, 0.2) is 24.3 Å². The van der Waals surface area contributed by atoms with Crippen molar-refractivity contribution in [2.75, 3.05) is 13.1 Å². The summed E-state index contributed by atoms with van der Waals surface area (Å²) in [5.41, 5.74) is 4.25. The molecule has 2 amide bonds. The molecule has 0 radical (unpaired) electrons. The van der Waals surface area contributed by atoms with Gasteiger partial charge in [-0.1, -0.05) is 18.2 Å². The first kappa shape index (κ1) is 17.3. The summed E-state index contributed by atoms with van der Waals surface area (Å²) >= 11 is 0. The molecule has 1 aromatic heterocycles. The summed E-state index contributed by atoms with van der Waals surface area (Å²) in [6.45, 7) is 9.29. The van der Waals surface area contributed by atoms with Gasteiger partial charge in [0, 0.05) is 18.2 Å². The van der Waals surface area contributed by atoms with Gasteiger partial charge in [0.05, 0.1) is 18.8 Å². The number of carbonyl (C=O) groups excluding carboxylic acids is 1. The number of rotatable bonds is 5. The van der Waals surface area contributed by atoms with E-state index in [4.69, 9.17) is 4.74 Å². The van der Waals surface area contributed by atoms with Crippen molar-refractivity contribution in [1.29, 1.82) is 0 Å². The van der Waals surface area contributed by atoms with Gasteiger partial charge in [0.25, 0.3) is 0 Å². The summed E-state index contributed by atoms with van der Waals surface area (Å²) in [6, 6.07) is 8.12. The molecule has 0 aliphatic carbocycles. The van der Waals surface area contributed by atoms with Crippen LogP contribution in [0.2, 0.25) is 0 Å². The van der Waals surface area contributed by atoms with Crippen molar-refractivity contribution in [3.05, 3.63) is 46.8 Å². The molecule has 134 valence electrons. The molecule has 6 heteroatoms. The molecule has 0 unspecified atom stereocenters. The smallest absolute Gasteiger partial charge is 0.317 e. The van der Waals surface area contributed by atoms with Crippen molar-refractivity contribution < 1.29 is 9.53 Å². The number of amides is 2. The standard InChI is InChI=1S/C19H26N4O2/c1-12-6-5-7-13(2)18(12)25-17-10-23(11-17)19(24)20-14(3)8-16-9-15(4)21-22-16/h5-7,9,14,17H,8,10-11H2,1-4H3,(H,20,24)(H,21,22)/t14-/m0/s1. The summed E-state index contributed by atoms with van der Waals surface area (Å²) in [7, 11) is 0. The molecule has 1 aliphatic rings. The number of H-pyrrole nitrogens is 1. The first-order valence-corrected chi connectivity index (χ1v) is 8.71. The lowest BCUT2D eigenvalue weighted by Crippen LogP contribution is -2.60. The number of aromatic nitrogens is 2. The van der Waals surface area contributed by atoms with Gasteiger partial charge in [-0.15, -0.1) is 0 Å². The fourth-order valence-corrected chi connectivity index (χ4v) is 3.08. The average Bonchev–Trinajstić information content (AvgIpc) is 2.89. The SMILES string of the molecule is Cc1cc(C[C@H](C)NC(=O)N2CC(Oc3c(C)cccc3C)C2)n[nH]1. The molecule has 0 saturated carbocycles. The Morgan fingerprint density at radius 1 is 1.36 bits per heavy atom. The minimum Gasteiger partial charge on any atom is -0.486 e. The second-order valence-corrected chi connectivity index (χ2v) is 6.96. The highest BCUT2D eigenvalue weighted by Gasteiger charge is 2.33. The highest BCUT2D eigenvalue weighted by atomic mass is 16.5. The predicted octanol–water partition coefficient (Wildman–Crippen LogP) is 2.74. The van der Waals surface area contributed by atoms with Crippen LogP contribution in [-0.4, -0.2) is 46.4 Å². The Hall–Kier alpha value is -2.50. The number of nitrogens with one attached hydrogen (secondary N) is 2. The van der Waals surface area contributed by atoms with E-state index in [0.717, 1.165) is 28.3 Å². The Morgan fingerprint density at radius 2 is 2.04 bits per heavy atom. The van der Waals surface area contributed by atoms with Gasteiger partial charge in [0.2, 0.25) is 0 Å². The Bertz CT molecular complexity index is 729. The number of hydrogen-bond acceptors (Lipinski definition) is 3. The van der Waals surface area contributed by atoms with E-state index in [9.17, 15) is 4.79 Å². The fourth-order valence-electron chi connectivity index (χ4n) is 3.08. The van der Waals surface area contributed by atoms with E-state index in [1.54, 1.807) is 4.90 Å². The molecule has 2 heterocycles. The van der Waals surface area contributed by atoms with Crippen LogP contribution in [0, 0.1) is 20.8 Å². The monoisotopic (exact) mass is 342 g/mol. The number of carbonyl (C=O) groups is 1. The second-order valence-electron chi connectivity index (χ2n) is 6.96. The molecule has 1 aliphatic heterocycles. The van der Waals surface area contributed by atoms with Gasteiger partial charge < -0.3 is 15.0 Å². The van der Waals surface area contributed by atoms with Crippen molar-refractivity contribution in [3.63, 3.8) is 0 Å². The zero-order chi connectivity index (χ0) is 18.0. The molecule has 2 aromatic rings. The summed E-state index contributed by atoms with van der Waals surface area (Å²) in [4.78, 5) is 14.1. The number of para-hydroxylation sites is 1. The molecule has 2 N–H and O–H groups in total. The highest BCUT2D eigenvalue weighted by molar-refractivity contribution is 5.75. The van der Waals surface area contributed by atoms with Crippen LogP contribution in [0.3, 0.4) is 0 Å². The Labute approximate surface area is 148 Å². The van der Waals surface area contributed by atoms with E-state index in [1.807, 2.05) is 52.0 Å². The van der Waals surface area contributed by atoms with Gasteiger partial charge in [-0.2, -0.15) is 5.10 Å². The van der Waals surface area contributed by atoms with Gasteiger partial charge in [-0.25, -0.2) is 4.79 Å². The third-order valence-corrected chi connectivity index (χ3v) is 4.47. The van der Waals surface area contributed by atoms with Gasteiger partial charge in [0.15, 0.2) is 0 Å². The molecule has 1 atom stereocenters. The number of aromatic amines is 1. The molecule has 1 aromatic carbocycles. The lowest BCUT2D eigenvalue weighted by molar-refractivity contribution is 0.0427. The van der Waals surface area contributed by atoms with E-state index in [-0.39, 0.29) is 18.2 Å². The third kappa shape index (κ3) is 4.13. The molecule has 3 rings (SSSR count). The lowest BCUT2D eigenvalue weighted by atomic mass is 10.1. The van der Waals surface area contributed by atoms with E-state index in [0.29, 0.717) is 19.5 Å². The summed E-state index contributed by atoms with van der Waals surface area (Å²) in [5, 5.41) is 10.2. The van der Waals surface area contributed by atoms with Crippen LogP contribution in [0.4, 0.5) is 4.79 Å². The van der Waals surface area contributed by atoms with E-state index >= 15 is 0 Å². The molecule has 25 heavy (non-hydrogen) atoms. The summed E-state index contributed by atoms with van der Waals surface area (Å²) in [6.07, 6.45) is 0.779. The number of ether oxygens (including phenoxy) is 1. The minimum absolute atomic E-state index is 0.0359. The van der Waals surface area contributed by atoms with Crippen LogP contribution in [0.25, 0.3) is 0 Å². The summed E-state index contributed by atoms with van der Waals surface area (Å²) < 4.78 is 6.06. The fraction of sp³-hybridized carbons (Fsp3) is 0.474. The molecular formula is C19H26N4O2. The molecule has 0 spiro atoms. The Morgan fingerprint density at radius 3 is 2.64 bits per heavy atom. The maximum absolute atomic E-state index is 12.3. The van der Waals surface area contributed by atoms with Crippen molar-refractivity contribution in [2.45, 2.75) is 46.3 Å². The molecular weight excluding hydrogens is 316 g/mol. The van der Waals surface area contributed by atoms with Gasteiger partial charge in [-0.05, 0) is 44.9 Å². The first-order valence-electron chi connectivity index (χ1n) is 8.71. The largest absolute Gasteiger partial charge is 0.486 e. The topological polar surface area (TPSA) is 70.2 Å². The van der Waals surface area contributed by atoms with E-state index in [1.165, 1.54) is 0 Å². The second kappa shape index (κ2) is 7.17. The summed E-state index contributed by atoms with van der Waals surface area (Å²) in [5.74, 6) is 0.940. The zero-order valence-electron chi connectivity index (χ0n) is 15.3. The van der Waals surface area contributed by atoms with Crippen LogP contribution >= 0.6 is 0 Å². The van der Waals surface area contributed by atoms with Crippen molar-refractivity contribution >= 4 is 6.03 Å². The quantitative estimate of drug-likeness (QED) is 0.878. The predicted molar refractivity (Wildman–Crippen MR) is 96.9 cm³/mol. The molecule has 0 bridgehead atoms. The van der Waals surface area contributed by atoms with Crippen LogP contribution in [-0.2, 0) is 6.42 Å². The average molecular weight is 342 g/mol. The molecule has 1 saturated heterocycles. The highest BCUT2D eigenvalue weighted by Crippen LogP contribution is 2.26. The molecule has 1 fully saturated rings. The number of urea groups is 1. The Balaban J connectivity index is 1.45. The number of hydrogen-bond donors (Lipinski definition) is 2. The van der Waals surface area contributed by atoms with Crippen molar-refractivity contribution in [3.8, 4) is 5.75 Å². The third-order valence-electron chi connectivity index (χ3n) is 4.47. The first-order chi connectivity index (χ1) is 11.9. The van der Waals surface area contributed by atoms with E-state index < -0.39 is 0 Å². The van der Waals surface area contributed by atoms with Crippen LogP contribution < -0.4 is 10.1 Å².